The van der Waals surface area contributed by atoms with Crippen LogP contribution in [0.3, 0.4) is 0 Å². The quantitative estimate of drug-likeness (QED) is 0.704. The van der Waals surface area contributed by atoms with Crippen molar-refractivity contribution in [3.05, 3.63) is 0 Å². The van der Waals surface area contributed by atoms with Crippen LogP contribution in [-0.2, 0) is 24.5 Å². The summed E-state index contributed by atoms with van der Waals surface area (Å²) in [7, 11) is -4.16. The highest BCUT2D eigenvalue weighted by atomic mass is 32.2. The Morgan fingerprint density at radius 1 is 1.50 bits per heavy atom. The molecule has 0 spiro atoms. The Hall–Kier alpha value is -1.39. The molecule has 0 aromatic carbocycles. The SMILES string of the molecule is CC(C)OC(=O)NS(=O)(=O)N1CCOCC1CC(=O)O. The van der Waals surface area contributed by atoms with Crippen molar-refractivity contribution in [3.63, 3.8) is 0 Å². The fourth-order valence-electron chi connectivity index (χ4n) is 1.72. The number of hydrogen-bond donors (Lipinski definition) is 2. The van der Waals surface area contributed by atoms with Gasteiger partial charge in [-0.25, -0.2) is 9.52 Å². The van der Waals surface area contributed by atoms with Crippen molar-refractivity contribution in [3.8, 4) is 0 Å². The van der Waals surface area contributed by atoms with Crippen molar-refractivity contribution < 1.29 is 32.6 Å². The standard InChI is InChI=1S/C10H18N2O7S/c1-7(2)19-10(15)11-20(16,17)12-3-4-18-6-8(12)5-9(13)14/h7-8H,3-6H2,1-2H3,(H,11,15)(H,13,14). The molecule has 1 atom stereocenters. The van der Waals surface area contributed by atoms with Gasteiger partial charge in [-0.05, 0) is 13.8 Å². The molecule has 1 fully saturated rings. The summed E-state index contributed by atoms with van der Waals surface area (Å²) in [5.74, 6) is -1.15. The van der Waals surface area contributed by atoms with Crippen LogP contribution in [0.1, 0.15) is 20.3 Å². The third-order valence-electron chi connectivity index (χ3n) is 2.45. The highest BCUT2D eigenvalue weighted by molar-refractivity contribution is 7.87. The summed E-state index contributed by atoms with van der Waals surface area (Å²) in [6.45, 7) is 3.23. The Morgan fingerprint density at radius 3 is 2.70 bits per heavy atom. The van der Waals surface area contributed by atoms with E-state index in [0.29, 0.717) is 0 Å². The van der Waals surface area contributed by atoms with Crippen LogP contribution in [-0.4, -0.2) is 61.8 Å². The fraction of sp³-hybridized carbons (Fsp3) is 0.800. The summed E-state index contributed by atoms with van der Waals surface area (Å²) in [5, 5.41) is 8.76. The number of carboxylic acid groups (broad SMARTS) is 1. The molecule has 1 aliphatic heterocycles. The van der Waals surface area contributed by atoms with Gasteiger partial charge in [-0.15, -0.1) is 0 Å². The lowest BCUT2D eigenvalue weighted by Crippen LogP contribution is -2.54. The van der Waals surface area contributed by atoms with Crippen molar-refractivity contribution in [2.24, 2.45) is 0 Å². The summed E-state index contributed by atoms with van der Waals surface area (Å²) in [6, 6.07) is -0.856. The highest BCUT2D eigenvalue weighted by Crippen LogP contribution is 2.14. The normalized spacial score (nSPS) is 20.6. The van der Waals surface area contributed by atoms with Crippen LogP contribution >= 0.6 is 0 Å². The third-order valence-corrected chi connectivity index (χ3v) is 3.97. The van der Waals surface area contributed by atoms with E-state index in [1.807, 2.05) is 0 Å². The van der Waals surface area contributed by atoms with Crippen molar-refractivity contribution >= 4 is 22.3 Å². The zero-order chi connectivity index (χ0) is 15.3. The number of carbonyl (C=O) groups is 2. The van der Waals surface area contributed by atoms with Crippen molar-refractivity contribution in [1.82, 2.24) is 9.03 Å². The van der Waals surface area contributed by atoms with Gasteiger partial charge >= 0.3 is 22.3 Å². The number of aliphatic carboxylic acids is 1. The average Bonchev–Trinajstić information content (AvgIpc) is 2.26. The molecule has 20 heavy (non-hydrogen) atoms. The van der Waals surface area contributed by atoms with E-state index in [1.165, 1.54) is 0 Å². The van der Waals surface area contributed by atoms with E-state index in [2.05, 4.69) is 4.74 Å². The van der Waals surface area contributed by atoms with Gasteiger partial charge in [-0.2, -0.15) is 12.7 Å². The molecule has 1 unspecified atom stereocenters. The molecule has 10 heteroatoms. The van der Waals surface area contributed by atoms with Gasteiger partial charge in [0.25, 0.3) is 0 Å². The molecule has 1 heterocycles. The van der Waals surface area contributed by atoms with Gasteiger partial charge in [-0.3, -0.25) is 4.79 Å². The number of nitrogens with one attached hydrogen (secondary N) is 1. The first-order valence-electron chi connectivity index (χ1n) is 6.02. The zero-order valence-electron chi connectivity index (χ0n) is 11.2. The van der Waals surface area contributed by atoms with E-state index < -0.39 is 40.8 Å². The Labute approximate surface area is 117 Å². The molecule has 0 bridgehead atoms. The van der Waals surface area contributed by atoms with Crippen LogP contribution in [0.2, 0.25) is 0 Å². The van der Waals surface area contributed by atoms with Crippen LogP contribution in [0.4, 0.5) is 4.79 Å². The summed E-state index contributed by atoms with van der Waals surface area (Å²) in [5.41, 5.74) is 0. The number of hydrogen-bond acceptors (Lipinski definition) is 6. The maximum absolute atomic E-state index is 12.0. The minimum Gasteiger partial charge on any atom is -0.481 e. The van der Waals surface area contributed by atoms with Crippen LogP contribution in [0, 0.1) is 0 Å². The monoisotopic (exact) mass is 310 g/mol. The van der Waals surface area contributed by atoms with Gasteiger partial charge in [0, 0.05) is 6.54 Å². The van der Waals surface area contributed by atoms with E-state index in [-0.39, 0.29) is 19.8 Å². The second-order valence-corrected chi connectivity index (χ2v) is 6.12. The van der Waals surface area contributed by atoms with Gasteiger partial charge in [0.15, 0.2) is 0 Å². The van der Waals surface area contributed by atoms with E-state index >= 15 is 0 Å². The Bertz CT molecular complexity index is 462. The van der Waals surface area contributed by atoms with E-state index in [0.717, 1.165) is 4.31 Å². The second-order valence-electron chi connectivity index (χ2n) is 4.50. The Kier molecular flexibility index (Phi) is 5.72. The van der Waals surface area contributed by atoms with Crippen molar-refractivity contribution in [1.29, 1.82) is 0 Å². The summed E-state index contributed by atoms with van der Waals surface area (Å²) >= 11 is 0. The van der Waals surface area contributed by atoms with Gasteiger partial charge in [0.2, 0.25) is 0 Å². The molecule has 1 rings (SSSR count). The fourth-order valence-corrected chi connectivity index (χ4v) is 2.94. The molecule has 1 amide bonds. The molecule has 2 N–H and O–H groups in total. The van der Waals surface area contributed by atoms with Crippen LogP contribution in [0.25, 0.3) is 0 Å². The molecule has 0 radical (unpaired) electrons. The summed E-state index contributed by atoms with van der Waals surface area (Å²) in [6.07, 6.45) is -1.97. The molecule has 0 aromatic heterocycles. The lowest BCUT2D eigenvalue weighted by molar-refractivity contribution is -0.139. The van der Waals surface area contributed by atoms with Gasteiger partial charge < -0.3 is 14.6 Å². The number of carboxylic acids is 1. The average molecular weight is 310 g/mol. The summed E-state index contributed by atoms with van der Waals surface area (Å²) in [4.78, 5) is 22.1. The Morgan fingerprint density at radius 2 is 2.15 bits per heavy atom. The van der Waals surface area contributed by atoms with Crippen LogP contribution in [0.15, 0.2) is 0 Å². The topological polar surface area (TPSA) is 122 Å². The first-order chi connectivity index (χ1) is 9.22. The van der Waals surface area contributed by atoms with Crippen LogP contribution < -0.4 is 4.72 Å². The number of nitrogens with zero attached hydrogens (tertiary/aromatic N) is 1. The lowest BCUT2D eigenvalue weighted by Gasteiger charge is -2.33. The van der Waals surface area contributed by atoms with E-state index in [4.69, 9.17) is 9.84 Å². The minimum atomic E-state index is -4.16. The summed E-state index contributed by atoms with van der Waals surface area (Å²) < 4.78 is 36.5. The smallest absolute Gasteiger partial charge is 0.422 e. The lowest BCUT2D eigenvalue weighted by atomic mass is 10.2. The zero-order valence-corrected chi connectivity index (χ0v) is 12.1. The predicted molar refractivity (Wildman–Crippen MR) is 67.2 cm³/mol. The van der Waals surface area contributed by atoms with Crippen molar-refractivity contribution in [2.45, 2.75) is 32.4 Å². The molecule has 0 saturated carbocycles. The van der Waals surface area contributed by atoms with E-state index in [9.17, 15) is 18.0 Å². The third kappa shape index (κ3) is 4.94. The van der Waals surface area contributed by atoms with Gasteiger partial charge in [-0.1, -0.05) is 0 Å². The molecule has 1 aliphatic rings. The van der Waals surface area contributed by atoms with Gasteiger partial charge in [0.1, 0.15) is 0 Å². The molecule has 116 valence electrons. The second kappa shape index (κ2) is 6.86. The highest BCUT2D eigenvalue weighted by Gasteiger charge is 2.35. The predicted octanol–water partition coefficient (Wildman–Crippen LogP) is -0.459. The number of rotatable bonds is 5. The minimum absolute atomic E-state index is 0.0256. The maximum atomic E-state index is 12.0. The largest absolute Gasteiger partial charge is 0.481 e. The number of amides is 1. The van der Waals surface area contributed by atoms with Crippen LogP contribution in [0.5, 0.6) is 0 Å². The molecular weight excluding hydrogens is 292 g/mol. The van der Waals surface area contributed by atoms with E-state index in [1.54, 1.807) is 18.6 Å². The van der Waals surface area contributed by atoms with Gasteiger partial charge in [0.05, 0.1) is 31.8 Å². The first kappa shape index (κ1) is 16.7. The molecular formula is C10H18N2O7S. The maximum Gasteiger partial charge on any atom is 0.422 e. The molecule has 0 aliphatic carbocycles. The Balaban J connectivity index is 2.77. The molecule has 0 aromatic rings. The number of carbonyl (C=O) groups excluding carboxylic acids is 1. The number of ether oxygens (including phenoxy) is 2. The van der Waals surface area contributed by atoms with Crippen molar-refractivity contribution in [2.75, 3.05) is 19.8 Å². The first-order valence-corrected chi connectivity index (χ1v) is 7.46. The molecule has 9 nitrogen and oxygen atoms in total. The number of morpholine rings is 1. The molecule has 1 saturated heterocycles.